The number of aliphatic carboxylic acids is 1. The molecular weight excluding hydrogens is 136 g/mol. The predicted molar refractivity (Wildman–Crippen MR) is 30.8 cm³/mol. The fourth-order valence-electron chi connectivity index (χ4n) is 0.590. The van der Waals surface area contributed by atoms with Gasteiger partial charge in [-0.2, -0.15) is 4.73 Å². The van der Waals surface area contributed by atoms with Crippen molar-refractivity contribution in [3.8, 4) is 0 Å². The highest BCUT2D eigenvalue weighted by molar-refractivity contribution is 5.68. The lowest BCUT2D eigenvalue weighted by Crippen LogP contribution is -2.06. The lowest BCUT2D eigenvalue weighted by molar-refractivity contribution is -0.136. The third-order valence-corrected chi connectivity index (χ3v) is 1.01. The quantitative estimate of drug-likeness (QED) is 0.558. The van der Waals surface area contributed by atoms with E-state index in [2.05, 4.69) is 4.98 Å². The molecule has 0 radical (unpaired) electrons. The Labute approximate surface area is 56.5 Å². The number of nitrogens with zero attached hydrogens (tertiary/aromatic N) is 2. The summed E-state index contributed by atoms with van der Waals surface area (Å²) in [4.78, 5) is 13.6. The monoisotopic (exact) mass is 142 g/mol. The van der Waals surface area contributed by atoms with E-state index in [0.29, 0.717) is 4.73 Å². The fraction of sp³-hybridized carbons (Fsp3) is 0.200. The van der Waals surface area contributed by atoms with Gasteiger partial charge < -0.3 is 10.3 Å². The number of carboxylic acids is 1. The molecule has 0 aliphatic heterocycles. The van der Waals surface area contributed by atoms with Gasteiger partial charge in [0, 0.05) is 6.20 Å². The maximum Gasteiger partial charge on any atom is 0.311 e. The fourth-order valence-corrected chi connectivity index (χ4v) is 0.590. The molecule has 0 unspecified atom stereocenters. The Hall–Kier alpha value is -1.52. The SMILES string of the molecule is O=C(O)Cc1nccn1O. The summed E-state index contributed by atoms with van der Waals surface area (Å²) in [5.74, 6) is -0.881. The molecule has 1 rings (SSSR count). The number of hydrogen-bond donors (Lipinski definition) is 2. The van der Waals surface area contributed by atoms with Crippen LogP contribution >= 0.6 is 0 Å². The Bertz CT molecular complexity index is 243. The highest BCUT2D eigenvalue weighted by Crippen LogP contribution is 1.93. The highest BCUT2D eigenvalue weighted by atomic mass is 16.5. The molecule has 0 spiro atoms. The minimum Gasteiger partial charge on any atom is -0.481 e. The second kappa shape index (κ2) is 2.38. The second-order valence-corrected chi connectivity index (χ2v) is 1.76. The van der Waals surface area contributed by atoms with Crippen LogP contribution in [0.2, 0.25) is 0 Å². The average molecular weight is 142 g/mol. The lowest BCUT2D eigenvalue weighted by atomic mass is 10.4. The number of rotatable bonds is 2. The normalized spacial score (nSPS) is 9.60. The van der Waals surface area contributed by atoms with E-state index in [1.54, 1.807) is 0 Å². The van der Waals surface area contributed by atoms with E-state index < -0.39 is 5.97 Å². The van der Waals surface area contributed by atoms with Gasteiger partial charge in [0.15, 0.2) is 5.82 Å². The Morgan fingerprint density at radius 1 is 1.80 bits per heavy atom. The van der Waals surface area contributed by atoms with Crippen LogP contribution in [0.15, 0.2) is 12.4 Å². The summed E-state index contributed by atoms with van der Waals surface area (Å²) in [6.45, 7) is 0. The zero-order chi connectivity index (χ0) is 7.56. The molecular formula is C5H6N2O3. The van der Waals surface area contributed by atoms with Gasteiger partial charge in [-0.25, -0.2) is 4.98 Å². The molecule has 0 atom stereocenters. The van der Waals surface area contributed by atoms with Gasteiger partial charge in [0.2, 0.25) is 0 Å². The molecule has 0 saturated carbocycles. The zero-order valence-corrected chi connectivity index (χ0v) is 5.06. The molecule has 0 bridgehead atoms. The van der Waals surface area contributed by atoms with Crippen LogP contribution in [0.5, 0.6) is 0 Å². The van der Waals surface area contributed by atoms with Gasteiger partial charge in [-0.15, -0.1) is 0 Å². The maximum atomic E-state index is 10.1. The van der Waals surface area contributed by atoms with Crippen molar-refractivity contribution in [2.75, 3.05) is 0 Å². The van der Waals surface area contributed by atoms with Gasteiger partial charge in [-0.05, 0) is 0 Å². The Morgan fingerprint density at radius 2 is 2.50 bits per heavy atom. The van der Waals surface area contributed by atoms with Gasteiger partial charge in [-0.3, -0.25) is 4.79 Å². The number of imidazole rings is 1. The van der Waals surface area contributed by atoms with Crippen LogP contribution in [0.3, 0.4) is 0 Å². The second-order valence-electron chi connectivity index (χ2n) is 1.76. The molecule has 2 N–H and O–H groups in total. The average Bonchev–Trinajstić information content (AvgIpc) is 2.15. The summed E-state index contributed by atoms with van der Waals surface area (Å²) in [6.07, 6.45) is 2.35. The molecule has 0 aliphatic carbocycles. The first-order valence-electron chi connectivity index (χ1n) is 2.63. The third kappa shape index (κ3) is 1.25. The van der Waals surface area contributed by atoms with E-state index in [-0.39, 0.29) is 12.2 Å². The van der Waals surface area contributed by atoms with Crippen molar-refractivity contribution < 1.29 is 15.1 Å². The predicted octanol–water partition coefficient (Wildman–Crippen LogP) is -0.252. The van der Waals surface area contributed by atoms with Gasteiger partial charge in [0.25, 0.3) is 0 Å². The standard InChI is InChI=1S/C5H6N2O3/c8-5(9)3-4-6-1-2-7(4)10/h1-2,10H,3H2,(H,8,9). The molecule has 0 aliphatic rings. The molecule has 1 heterocycles. The van der Waals surface area contributed by atoms with Crippen LogP contribution in [-0.2, 0) is 11.2 Å². The Balaban J connectivity index is 2.74. The van der Waals surface area contributed by atoms with Gasteiger partial charge in [0.05, 0.1) is 6.20 Å². The molecule has 0 amide bonds. The van der Waals surface area contributed by atoms with Crippen LogP contribution in [-0.4, -0.2) is 26.0 Å². The summed E-state index contributed by atoms with van der Waals surface area (Å²) >= 11 is 0. The Kier molecular flexibility index (Phi) is 1.57. The minimum absolute atomic E-state index is 0.132. The smallest absolute Gasteiger partial charge is 0.311 e. The van der Waals surface area contributed by atoms with Crippen LogP contribution in [0.4, 0.5) is 0 Å². The molecule has 0 saturated heterocycles. The molecule has 0 fully saturated rings. The molecule has 0 aromatic carbocycles. The zero-order valence-electron chi connectivity index (χ0n) is 5.06. The first-order valence-corrected chi connectivity index (χ1v) is 2.63. The largest absolute Gasteiger partial charge is 0.481 e. The van der Waals surface area contributed by atoms with E-state index in [0.717, 1.165) is 0 Å². The van der Waals surface area contributed by atoms with Crippen molar-refractivity contribution in [3.63, 3.8) is 0 Å². The molecule has 1 aromatic rings. The van der Waals surface area contributed by atoms with E-state index in [4.69, 9.17) is 10.3 Å². The number of hydrogen-bond acceptors (Lipinski definition) is 3. The van der Waals surface area contributed by atoms with Crippen LogP contribution < -0.4 is 0 Å². The van der Waals surface area contributed by atoms with Crippen molar-refractivity contribution in [2.24, 2.45) is 0 Å². The van der Waals surface area contributed by atoms with Crippen LogP contribution in [0.25, 0.3) is 0 Å². The van der Waals surface area contributed by atoms with Crippen molar-refractivity contribution in [3.05, 3.63) is 18.2 Å². The Morgan fingerprint density at radius 3 is 2.90 bits per heavy atom. The van der Waals surface area contributed by atoms with E-state index in [1.165, 1.54) is 12.4 Å². The number of aromatic nitrogens is 2. The first kappa shape index (κ1) is 6.60. The van der Waals surface area contributed by atoms with E-state index >= 15 is 0 Å². The molecule has 5 heteroatoms. The summed E-state index contributed by atoms with van der Waals surface area (Å²) < 4.78 is 0.689. The minimum atomic E-state index is -1.01. The summed E-state index contributed by atoms with van der Waals surface area (Å²) in [7, 11) is 0. The van der Waals surface area contributed by atoms with Crippen molar-refractivity contribution >= 4 is 5.97 Å². The summed E-state index contributed by atoms with van der Waals surface area (Å²) in [5.41, 5.74) is 0. The highest BCUT2D eigenvalue weighted by Gasteiger charge is 2.05. The molecule has 10 heavy (non-hydrogen) atoms. The van der Waals surface area contributed by atoms with Crippen LogP contribution in [0, 0.1) is 0 Å². The van der Waals surface area contributed by atoms with Crippen LogP contribution in [0.1, 0.15) is 5.82 Å². The van der Waals surface area contributed by atoms with Gasteiger partial charge in [-0.1, -0.05) is 0 Å². The number of carboxylic acid groups (broad SMARTS) is 1. The topological polar surface area (TPSA) is 75.3 Å². The van der Waals surface area contributed by atoms with Gasteiger partial charge in [0.1, 0.15) is 6.42 Å². The van der Waals surface area contributed by atoms with Crippen molar-refractivity contribution in [1.29, 1.82) is 0 Å². The van der Waals surface area contributed by atoms with E-state index in [9.17, 15) is 4.79 Å². The summed E-state index contributed by atoms with van der Waals surface area (Å²) in [5, 5.41) is 17.0. The first-order chi connectivity index (χ1) is 4.70. The summed E-state index contributed by atoms with van der Waals surface area (Å²) in [6, 6.07) is 0. The maximum absolute atomic E-state index is 10.1. The lowest BCUT2D eigenvalue weighted by Gasteiger charge is -1.93. The molecule has 54 valence electrons. The molecule has 1 aromatic heterocycles. The van der Waals surface area contributed by atoms with Crippen molar-refractivity contribution in [1.82, 2.24) is 9.71 Å². The number of carbonyl (C=O) groups is 1. The van der Waals surface area contributed by atoms with Crippen molar-refractivity contribution in [2.45, 2.75) is 6.42 Å². The molecule has 5 nitrogen and oxygen atoms in total. The van der Waals surface area contributed by atoms with Gasteiger partial charge >= 0.3 is 5.97 Å². The third-order valence-electron chi connectivity index (χ3n) is 1.01. The van der Waals surface area contributed by atoms with E-state index in [1.807, 2.05) is 0 Å².